The maximum atomic E-state index is 13.4. The molecule has 0 saturated carbocycles. The van der Waals surface area contributed by atoms with E-state index in [-0.39, 0.29) is 24.0 Å². The second kappa shape index (κ2) is 8.11. The lowest BCUT2D eigenvalue weighted by molar-refractivity contribution is 0.0946. The highest BCUT2D eigenvalue weighted by Gasteiger charge is 2.17. The van der Waals surface area contributed by atoms with E-state index in [0.717, 1.165) is 0 Å². The number of H-pyrrole nitrogens is 1. The van der Waals surface area contributed by atoms with Crippen LogP contribution >= 0.6 is 23.2 Å². The van der Waals surface area contributed by atoms with Crippen LogP contribution in [0.25, 0.3) is 10.9 Å². The zero-order valence-corrected chi connectivity index (χ0v) is 16.4. The molecular formula is C21H14Cl2FN3O2. The molecule has 0 aliphatic rings. The van der Waals surface area contributed by atoms with Crippen molar-refractivity contribution in [3.8, 4) is 11.6 Å². The number of aromatic nitrogens is 2. The summed E-state index contributed by atoms with van der Waals surface area (Å²) in [4.78, 5) is 19.8. The molecular weight excluding hydrogens is 416 g/mol. The molecule has 5 nitrogen and oxygen atoms in total. The summed E-state index contributed by atoms with van der Waals surface area (Å²) in [5.41, 5.74) is 1.57. The maximum absolute atomic E-state index is 13.4. The Balaban J connectivity index is 1.52. The van der Waals surface area contributed by atoms with E-state index in [4.69, 9.17) is 27.9 Å². The fraction of sp³-hybridized carbons (Fsp3) is 0.0476. The smallest absolute Gasteiger partial charge is 0.269 e. The number of carbonyl (C=O) groups excluding carboxylic acids is 1. The fourth-order valence-corrected chi connectivity index (χ4v) is 3.31. The van der Waals surface area contributed by atoms with E-state index < -0.39 is 5.82 Å². The van der Waals surface area contributed by atoms with E-state index in [0.29, 0.717) is 32.3 Å². The molecule has 4 aromatic rings. The molecule has 0 radical (unpaired) electrons. The Morgan fingerprint density at radius 3 is 2.83 bits per heavy atom. The molecule has 2 N–H and O–H groups in total. The monoisotopic (exact) mass is 429 g/mol. The second-order valence-corrected chi connectivity index (χ2v) is 7.03. The van der Waals surface area contributed by atoms with Gasteiger partial charge in [0.1, 0.15) is 17.3 Å². The largest absolute Gasteiger partial charge is 0.439 e. The fourth-order valence-electron chi connectivity index (χ4n) is 2.84. The Bertz CT molecular complexity index is 1210. The Kier molecular flexibility index (Phi) is 5.38. The standard InChI is InChI=1S/C21H14Cl2FN3O2/c22-13-6-7-17-16(9-13)18(23)19(27-17)20(28)26-11-12-3-2-8-25-21(12)29-15-5-1-4-14(24)10-15/h1-10,27H,11H2,(H,26,28). The minimum Gasteiger partial charge on any atom is -0.439 e. The number of benzene rings is 2. The van der Waals surface area contributed by atoms with Gasteiger partial charge < -0.3 is 15.0 Å². The molecule has 0 bridgehead atoms. The van der Waals surface area contributed by atoms with E-state index in [1.165, 1.54) is 12.1 Å². The molecule has 0 aliphatic carbocycles. The molecule has 2 aromatic carbocycles. The number of amides is 1. The number of aromatic amines is 1. The maximum Gasteiger partial charge on any atom is 0.269 e. The van der Waals surface area contributed by atoms with E-state index in [1.807, 2.05) is 0 Å². The summed E-state index contributed by atoms with van der Waals surface area (Å²) in [6.45, 7) is 0.143. The Morgan fingerprint density at radius 2 is 2.00 bits per heavy atom. The zero-order chi connectivity index (χ0) is 20.4. The normalized spacial score (nSPS) is 10.9. The van der Waals surface area contributed by atoms with Crippen molar-refractivity contribution in [3.63, 3.8) is 0 Å². The van der Waals surface area contributed by atoms with Crippen LogP contribution in [0.3, 0.4) is 0 Å². The highest BCUT2D eigenvalue weighted by molar-refractivity contribution is 6.39. The Morgan fingerprint density at radius 1 is 1.14 bits per heavy atom. The lowest BCUT2D eigenvalue weighted by Gasteiger charge is -2.10. The summed E-state index contributed by atoms with van der Waals surface area (Å²) < 4.78 is 19.0. The van der Waals surface area contributed by atoms with Crippen LogP contribution in [0.5, 0.6) is 11.6 Å². The van der Waals surface area contributed by atoms with Crippen molar-refractivity contribution in [2.75, 3.05) is 0 Å². The van der Waals surface area contributed by atoms with Crippen molar-refractivity contribution >= 4 is 40.0 Å². The average Bonchev–Trinajstić information content (AvgIpc) is 3.03. The summed E-state index contributed by atoms with van der Waals surface area (Å²) in [5.74, 6) is -0.218. The third-order valence-corrected chi connectivity index (χ3v) is 4.85. The molecule has 1 amide bonds. The van der Waals surface area contributed by atoms with E-state index in [1.54, 1.807) is 48.7 Å². The van der Waals surface area contributed by atoms with Crippen molar-refractivity contribution in [3.05, 3.63) is 87.9 Å². The molecule has 0 saturated heterocycles. The van der Waals surface area contributed by atoms with Crippen LogP contribution in [0.4, 0.5) is 4.39 Å². The van der Waals surface area contributed by atoms with Gasteiger partial charge in [0.25, 0.3) is 5.91 Å². The SMILES string of the molecule is O=C(NCc1cccnc1Oc1cccc(F)c1)c1[nH]c2ccc(Cl)cc2c1Cl. The molecule has 2 heterocycles. The third-order valence-electron chi connectivity index (χ3n) is 4.22. The topological polar surface area (TPSA) is 67.0 Å². The summed E-state index contributed by atoms with van der Waals surface area (Å²) in [6, 6.07) is 14.4. The van der Waals surface area contributed by atoms with Crippen LogP contribution < -0.4 is 10.1 Å². The number of nitrogens with zero attached hydrogens (tertiary/aromatic N) is 1. The summed E-state index contributed by atoms with van der Waals surface area (Å²) in [6.07, 6.45) is 1.55. The van der Waals surface area contributed by atoms with Crippen LogP contribution in [0, 0.1) is 5.82 Å². The van der Waals surface area contributed by atoms with Crippen molar-refractivity contribution in [1.29, 1.82) is 0 Å². The number of pyridine rings is 1. The minimum absolute atomic E-state index is 0.143. The number of carbonyl (C=O) groups is 1. The first-order valence-corrected chi connectivity index (χ1v) is 9.39. The second-order valence-electron chi connectivity index (χ2n) is 6.21. The predicted molar refractivity (Wildman–Crippen MR) is 110 cm³/mol. The lowest BCUT2D eigenvalue weighted by atomic mass is 10.2. The highest BCUT2D eigenvalue weighted by atomic mass is 35.5. The molecule has 29 heavy (non-hydrogen) atoms. The molecule has 0 atom stereocenters. The van der Waals surface area contributed by atoms with Gasteiger partial charge in [0.05, 0.1) is 5.02 Å². The molecule has 0 spiro atoms. The lowest BCUT2D eigenvalue weighted by Crippen LogP contribution is -2.23. The Labute approximate surface area is 175 Å². The van der Waals surface area contributed by atoms with Gasteiger partial charge in [-0.2, -0.15) is 0 Å². The van der Waals surface area contributed by atoms with Gasteiger partial charge in [-0.05, 0) is 36.4 Å². The highest BCUT2D eigenvalue weighted by Crippen LogP contribution is 2.30. The number of nitrogens with one attached hydrogen (secondary N) is 2. The predicted octanol–water partition coefficient (Wildman–Crippen LogP) is 5.73. The number of ether oxygens (including phenoxy) is 1. The quantitative estimate of drug-likeness (QED) is 0.425. The number of hydrogen-bond acceptors (Lipinski definition) is 3. The first-order chi connectivity index (χ1) is 14.0. The van der Waals surface area contributed by atoms with Gasteiger partial charge in [-0.3, -0.25) is 4.79 Å². The number of fused-ring (bicyclic) bond motifs is 1. The molecule has 0 fully saturated rings. The number of rotatable bonds is 5. The molecule has 146 valence electrons. The number of halogens is 3. The van der Waals surface area contributed by atoms with Crippen molar-refractivity contribution < 1.29 is 13.9 Å². The van der Waals surface area contributed by atoms with Crippen LogP contribution in [-0.4, -0.2) is 15.9 Å². The van der Waals surface area contributed by atoms with Gasteiger partial charge in [0, 0.05) is 40.3 Å². The van der Waals surface area contributed by atoms with Crippen molar-refractivity contribution in [2.24, 2.45) is 0 Å². The van der Waals surface area contributed by atoms with Crippen LogP contribution in [0.15, 0.2) is 60.8 Å². The van der Waals surface area contributed by atoms with Gasteiger partial charge in [0.2, 0.25) is 5.88 Å². The zero-order valence-electron chi connectivity index (χ0n) is 14.9. The van der Waals surface area contributed by atoms with E-state index in [2.05, 4.69) is 15.3 Å². The third kappa shape index (κ3) is 4.18. The van der Waals surface area contributed by atoms with Crippen LogP contribution in [0.1, 0.15) is 16.1 Å². The van der Waals surface area contributed by atoms with Gasteiger partial charge in [-0.1, -0.05) is 35.3 Å². The summed E-state index contributed by atoms with van der Waals surface area (Å²) in [7, 11) is 0. The van der Waals surface area contributed by atoms with Crippen LogP contribution in [0.2, 0.25) is 10.0 Å². The first kappa shape index (κ1) is 19.2. The average molecular weight is 430 g/mol. The minimum atomic E-state index is -0.415. The van der Waals surface area contributed by atoms with Crippen molar-refractivity contribution in [2.45, 2.75) is 6.54 Å². The van der Waals surface area contributed by atoms with Crippen LogP contribution in [-0.2, 0) is 6.54 Å². The molecule has 0 unspecified atom stereocenters. The van der Waals surface area contributed by atoms with Gasteiger partial charge >= 0.3 is 0 Å². The molecule has 8 heteroatoms. The molecule has 2 aromatic heterocycles. The van der Waals surface area contributed by atoms with Gasteiger partial charge in [-0.25, -0.2) is 9.37 Å². The Hall–Kier alpha value is -3.09. The summed E-state index contributed by atoms with van der Waals surface area (Å²) >= 11 is 12.3. The van der Waals surface area contributed by atoms with Gasteiger partial charge in [0.15, 0.2) is 0 Å². The molecule has 0 aliphatic heterocycles. The van der Waals surface area contributed by atoms with Gasteiger partial charge in [-0.15, -0.1) is 0 Å². The van der Waals surface area contributed by atoms with E-state index >= 15 is 0 Å². The first-order valence-electron chi connectivity index (χ1n) is 8.63. The molecule has 4 rings (SSSR count). The van der Waals surface area contributed by atoms with E-state index in [9.17, 15) is 9.18 Å². The summed E-state index contributed by atoms with van der Waals surface area (Å²) in [5, 5.41) is 4.28. The number of hydrogen-bond donors (Lipinski definition) is 2. The van der Waals surface area contributed by atoms with Crippen molar-refractivity contribution in [1.82, 2.24) is 15.3 Å².